The van der Waals surface area contributed by atoms with Crippen LogP contribution in [-0.4, -0.2) is 17.9 Å². The highest BCUT2D eigenvalue weighted by Crippen LogP contribution is 2.20. The zero-order chi connectivity index (χ0) is 13.8. The highest BCUT2D eigenvalue weighted by Gasteiger charge is 2.13. The van der Waals surface area contributed by atoms with E-state index in [1.807, 2.05) is 30.3 Å². The molecule has 0 aliphatic rings. The molecule has 2 aromatic rings. The molecule has 0 aliphatic carbocycles. The molecule has 0 bridgehead atoms. The number of rotatable bonds is 2. The molecule has 0 saturated heterocycles. The van der Waals surface area contributed by atoms with Gasteiger partial charge in [0, 0.05) is 23.4 Å². The van der Waals surface area contributed by atoms with E-state index in [0.717, 1.165) is 10.2 Å². The number of nitrogens with zero attached hydrogens (tertiary/aromatic N) is 3. The van der Waals surface area contributed by atoms with Crippen molar-refractivity contribution in [1.82, 2.24) is 4.98 Å². The average molecular weight is 316 g/mol. The van der Waals surface area contributed by atoms with Crippen molar-refractivity contribution in [3.05, 3.63) is 58.3 Å². The third kappa shape index (κ3) is 2.98. The maximum Gasteiger partial charge on any atom is 0.259 e. The Labute approximate surface area is 119 Å². The predicted octanol–water partition coefficient (Wildman–Crippen LogP) is 2.99. The standard InChI is InChI=1S/C14H10BrN3O/c1-18(13-4-2-3-11(15)7-13)14(19)10-5-6-12(8-16)17-9-10/h2-7,9H,1H3. The summed E-state index contributed by atoms with van der Waals surface area (Å²) in [6.45, 7) is 0. The molecular formula is C14H10BrN3O. The van der Waals surface area contributed by atoms with Crippen LogP contribution in [0.25, 0.3) is 0 Å². The predicted molar refractivity (Wildman–Crippen MR) is 75.8 cm³/mol. The molecule has 0 N–H and O–H groups in total. The number of nitriles is 1. The maximum atomic E-state index is 12.2. The first-order valence-corrected chi connectivity index (χ1v) is 6.31. The number of hydrogen-bond donors (Lipinski definition) is 0. The van der Waals surface area contributed by atoms with Gasteiger partial charge in [0.1, 0.15) is 11.8 Å². The number of carbonyl (C=O) groups is 1. The molecule has 0 saturated carbocycles. The molecule has 1 amide bonds. The van der Waals surface area contributed by atoms with Crippen molar-refractivity contribution in [2.24, 2.45) is 0 Å². The summed E-state index contributed by atoms with van der Waals surface area (Å²) < 4.78 is 0.905. The fourth-order valence-corrected chi connectivity index (χ4v) is 1.97. The van der Waals surface area contributed by atoms with Crippen LogP contribution in [0.1, 0.15) is 16.1 Å². The van der Waals surface area contributed by atoms with Crippen molar-refractivity contribution in [3.63, 3.8) is 0 Å². The summed E-state index contributed by atoms with van der Waals surface area (Å²) in [6, 6.07) is 12.5. The summed E-state index contributed by atoms with van der Waals surface area (Å²) in [5, 5.41) is 8.67. The van der Waals surface area contributed by atoms with Crippen molar-refractivity contribution in [2.45, 2.75) is 0 Å². The normalized spacial score (nSPS) is 9.74. The largest absolute Gasteiger partial charge is 0.311 e. The number of halogens is 1. The minimum atomic E-state index is -0.171. The van der Waals surface area contributed by atoms with E-state index in [2.05, 4.69) is 20.9 Å². The number of pyridine rings is 1. The summed E-state index contributed by atoms with van der Waals surface area (Å²) in [7, 11) is 1.70. The molecule has 1 aromatic carbocycles. The Morgan fingerprint density at radius 2 is 2.16 bits per heavy atom. The lowest BCUT2D eigenvalue weighted by Gasteiger charge is -2.17. The maximum absolute atomic E-state index is 12.2. The van der Waals surface area contributed by atoms with Gasteiger partial charge < -0.3 is 4.90 Å². The third-order valence-electron chi connectivity index (χ3n) is 2.63. The summed E-state index contributed by atoms with van der Waals surface area (Å²) in [4.78, 5) is 17.7. The summed E-state index contributed by atoms with van der Waals surface area (Å²) in [5.41, 5.74) is 1.52. The van der Waals surface area contributed by atoms with Crippen molar-refractivity contribution in [2.75, 3.05) is 11.9 Å². The SMILES string of the molecule is CN(C(=O)c1ccc(C#N)nc1)c1cccc(Br)c1. The van der Waals surface area contributed by atoms with Crippen LogP contribution in [0.2, 0.25) is 0 Å². The van der Waals surface area contributed by atoms with Crippen LogP contribution in [-0.2, 0) is 0 Å². The highest BCUT2D eigenvalue weighted by atomic mass is 79.9. The monoisotopic (exact) mass is 315 g/mol. The first-order valence-electron chi connectivity index (χ1n) is 5.51. The number of aromatic nitrogens is 1. The Morgan fingerprint density at radius 3 is 2.74 bits per heavy atom. The lowest BCUT2D eigenvalue weighted by atomic mass is 10.2. The van der Waals surface area contributed by atoms with Gasteiger partial charge in [0.15, 0.2) is 0 Å². The molecule has 0 unspecified atom stereocenters. The molecule has 19 heavy (non-hydrogen) atoms. The van der Waals surface area contributed by atoms with Crippen LogP contribution in [0.4, 0.5) is 5.69 Å². The van der Waals surface area contributed by atoms with Gasteiger partial charge in [0.25, 0.3) is 5.91 Å². The lowest BCUT2D eigenvalue weighted by Crippen LogP contribution is -2.26. The summed E-state index contributed by atoms with van der Waals surface area (Å²) >= 11 is 3.37. The Balaban J connectivity index is 2.26. The van der Waals surface area contributed by atoms with Crippen LogP contribution in [0.5, 0.6) is 0 Å². The second kappa shape index (κ2) is 5.63. The molecular weight excluding hydrogens is 306 g/mol. The number of carbonyl (C=O) groups excluding carboxylic acids is 1. The zero-order valence-electron chi connectivity index (χ0n) is 10.2. The molecule has 0 spiro atoms. The van der Waals surface area contributed by atoms with Crippen molar-refractivity contribution in [3.8, 4) is 6.07 Å². The Hall–Kier alpha value is -2.19. The smallest absolute Gasteiger partial charge is 0.259 e. The molecule has 4 nitrogen and oxygen atoms in total. The van der Waals surface area contributed by atoms with E-state index in [4.69, 9.17) is 5.26 Å². The molecule has 0 radical (unpaired) electrons. The van der Waals surface area contributed by atoms with Crippen molar-refractivity contribution in [1.29, 1.82) is 5.26 Å². The fraction of sp³-hybridized carbons (Fsp3) is 0.0714. The topological polar surface area (TPSA) is 57.0 Å². The van der Waals surface area contributed by atoms with E-state index >= 15 is 0 Å². The van der Waals surface area contributed by atoms with Gasteiger partial charge in [-0.05, 0) is 30.3 Å². The van der Waals surface area contributed by atoms with Gasteiger partial charge in [-0.25, -0.2) is 4.98 Å². The zero-order valence-corrected chi connectivity index (χ0v) is 11.8. The van der Waals surface area contributed by atoms with Gasteiger partial charge >= 0.3 is 0 Å². The minimum absolute atomic E-state index is 0.171. The molecule has 5 heteroatoms. The number of anilines is 1. The van der Waals surface area contributed by atoms with Crippen LogP contribution in [0.3, 0.4) is 0 Å². The van der Waals surface area contributed by atoms with Crippen molar-refractivity contribution >= 4 is 27.5 Å². The van der Waals surface area contributed by atoms with E-state index in [0.29, 0.717) is 11.3 Å². The molecule has 1 heterocycles. The second-order valence-electron chi connectivity index (χ2n) is 3.89. The van der Waals surface area contributed by atoms with Gasteiger partial charge in [-0.1, -0.05) is 22.0 Å². The fourth-order valence-electron chi connectivity index (χ4n) is 1.58. The van der Waals surface area contributed by atoms with E-state index in [9.17, 15) is 4.79 Å². The molecule has 0 aliphatic heterocycles. The minimum Gasteiger partial charge on any atom is -0.311 e. The molecule has 1 aromatic heterocycles. The van der Waals surface area contributed by atoms with Gasteiger partial charge in [0.05, 0.1) is 5.56 Å². The number of amides is 1. The van der Waals surface area contributed by atoms with E-state index in [-0.39, 0.29) is 5.91 Å². The Morgan fingerprint density at radius 1 is 1.37 bits per heavy atom. The second-order valence-corrected chi connectivity index (χ2v) is 4.80. The Bertz CT molecular complexity index is 646. The molecule has 0 atom stereocenters. The van der Waals surface area contributed by atoms with E-state index in [1.165, 1.54) is 17.2 Å². The quantitative estimate of drug-likeness (QED) is 0.856. The van der Waals surface area contributed by atoms with Crippen LogP contribution in [0.15, 0.2) is 47.1 Å². The summed E-state index contributed by atoms with van der Waals surface area (Å²) in [5.74, 6) is -0.171. The molecule has 2 rings (SSSR count). The first-order chi connectivity index (χ1) is 9.11. The highest BCUT2D eigenvalue weighted by molar-refractivity contribution is 9.10. The third-order valence-corrected chi connectivity index (χ3v) is 3.12. The molecule has 0 fully saturated rings. The van der Waals surface area contributed by atoms with Crippen molar-refractivity contribution < 1.29 is 4.79 Å². The number of benzene rings is 1. The Kier molecular flexibility index (Phi) is 3.93. The van der Waals surface area contributed by atoms with Gasteiger partial charge in [0.2, 0.25) is 0 Å². The lowest BCUT2D eigenvalue weighted by molar-refractivity contribution is 0.0992. The first kappa shape index (κ1) is 13.2. The van der Waals surface area contributed by atoms with E-state index in [1.54, 1.807) is 13.1 Å². The van der Waals surface area contributed by atoms with Gasteiger partial charge in [-0.2, -0.15) is 5.26 Å². The number of hydrogen-bond acceptors (Lipinski definition) is 3. The van der Waals surface area contributed by atoms with Gasteiger partial charge in [-0.3, -0.25) is 4.79 Å². The van der Waals surface area contributed by atoms with Crippen LogP contribution in [0, 0.1) is 11.3 Å². The average Bonchev–Trinajstić information content (AvgIpc) is 2.46. The molecule has 94 valence electrons. The van der Waals surface area contributed by atoms with Gasteiger partial charge in [-0.15, -0.1) is 0 Å². The van der Waals surface area contributed by atoms with Crippen LogP contribution >= 0.6 is 15.9 Å². The summed E-state index contributed by atoms with van der Waals surface area (Å²) in [6.07, 6.45) is 1.41. The van der Waals surface area contributed by atoms with Crippen LogP contribution < -0.4 is 4.90 Å². The van der Waals surface area contributed by atoms with E-state index < -0.39 is 0 Å².